The molecule has 0 bridgehead atoms. The van der Waals surface area contributed by atoms with Crippen molar-refractivity contribution in [1.29, 1.82) is 0 Å². The van der Waals surface area contributed by atoms with Crippen LogP contribution in [0.3, 0.4) is 0 Å². The summed E-state index contributed by atoms with van der Waals surface area (Å²) in [6, 6.07) is 13.3. The second-order valence-electron chi connectivity index (χ2n) is 7.75. The summed E-state index contributed by atoms with van der Waals surface area (Å²) >= 11 is 18.2. The smallest absolute Gasteiger partial charge is 0.253 e. The van der Waals surface area contributed by atoms with E-state index in [4.69, 9.17) is 34.8 Å². The highest BCUT2D eigenvalue weighted by Crippen LogP contribution is 2.24. The number of likely N-dealkylation sites (tertiary alicyclic amines) is 1. The van der Waals surface area contributed by atoms with Crippen molar-refractivity contribution in [2.24, 2.45) is 0 Å². The van der Waals surface area contributed by atoms with Crippen molar-refractivity contribution in [1.82, 2.24) is 14.7 Å². The first-order chi connectivity index (χ1) is 14.0. The number of carbonyl (C=O) groups is 1. The van der Waals surface area contributed by atoms with Crippen molar-refractivity contribution >= 4 is 40.7 Å². The summed E-state index contributed by atoms with van der Waals surface area (Å²) in [5.74, 6) is 0.0974. The summed E-state index contributed by atoms with van der Waals surface area (Å²) < 4.78 is 0. The normalized spacial score (nSPS) is 20.9. The molecule has 154 valence electrons. The maximum atomic E-state index is 12.7. The van der Waals surface area contributed by atoms with Gasteiger partial charge in [-0.05, 0) is 48.4 Å². The van der Waals surface area contributed by atoms with Gasteiger partial charge in [0.1, 0.15) is 0 Å². The van der Waals surface area contributed by atoms with E-state index in [1.165, 1.54) is 0 Å². The molecule has 1 amide bonds. The number of piperazine rings is 1. The molecule has 0 aliphatic carbocycles. The molecule has 4 rings (SSSR count). The molecule has 2 aliphatic heterocycles. The van der Waals surface area contributed by atoms with Crippen LogP contribution in [-0.2, 0) is 6.54 Å². The number of carbonyl (C=O) groups excluding carboxylic acids is 1. The average Bonchev–Trinajstić information content (AvgIpc) is 3.21. The number of halogens is 3. The van der Waals surface area contributed by atoms with Crippen LogP contribution in [0.25, 0.3) is 0 Å². The van der Waals surface area contributed by atoms with Crippen LogP contribution in [0, 0.1) is 0 Å². The van der Waals surface area contributed by atoms with E-state index in [-0.39, 0.29) is 5.91 Å². The third-order valence-electron chi connectivity index (χ3n) is 5.87. The van der Waals surface area contributed by atoms with Gasteiger partial charge in [0.25, 0.3) is 5.91 Å². The molecule has 29 heavy (non-hydrogen) atoms. The Labute approximate surface area is 186 Å². The summed E-state index contributed by atoms with van der Waals surface area (Å²) in [7, 11) is 0. The van der Waals surface area contributed by atoms with Gasteiger partial charge in [-0.15, -0.1) is 0 Å². The molecule has 0 N–H and O–H groups in total. The van der Waals surface area contributed by atoms with Crippen LogP contribution >= 0.6 is 34.8 Å². The molecule has 2 aromatic carbocycles. The van der Waals surface area contributed by atoms with Gasteiger partial charge in [0, 0.05) is 72.5 Å². The first-order valence-corrected chi connectivity index (χ1v) is 11.1. The van der Waals surface area contributed by atoms with Crippen molar-refractivity contribution in [3.63, 3.8) is 0 Å². The van der Waals surface area contributed by atoms with Crippen LogP contribution in [0.2, 0.25) is 15.1 Å². The summed E-state index contributed by atoms with van der Waals surface area (Å²) in [5, 5.41) is 2.05. The minimum atomic E-state index is 0.0974. The Bertz CT molecular complexity index is 866. The fourth-order valence-electron chi connectivity index (χ4n) is 4.18. The quantitative estimate of drug-likeness (QED) is 0.674. The molecule has 0 aromatic heterocycles. The van der Waals surface area contributed by atoms with E-state index in [2.05, 4.69) is 9.80 Å². The minimum Gasteiger partial charge on any atom is -0.337 e. The van der Waals surface area contributed by atoms with Gasteiger partial charge in [-0.1, -0.05) is 40.9 Å². The fourth-order valence-corrected chi connectivity index (χ4v) is 4.77. The number of nitrogens with zero attached hydrogens (tertiary/aromatic N) is 3. The summed E-state index contributed by atoms with van der Waals surface area (Å²) in [6.45, 7) is 6.48. The lowest BCUT2D eigenvalue weighted by atomic mass is 10.1. The number of hydrogen-bond acceptors (Lipinski definition) is 3. The van der Waals surface area contributed by atoms with Gasteiger partial charge in [0.2, 0.25) is 0 Å². The minimum absolute atomic E-state index is 0.0974. The summed E-state index contributed by atoms with van der Waals surface area (Å²) in [4.78, 5) is 19.6. The van der Waals surface area contributed by atoms with Crippen LogP contribution in [-0.4, -0.2) is 65.9 Å². The lowest BCUT2D eigenvalue weighted by molar-refractivity contribution is 0.0734. The van der Waals surface area contributed by atoms with Gasteiger partial charge in [-0.2, -0.15) is 0 Å². The second kappa shape index (κ2) is 9.23. The maximum Gasteiger partial charge on any atom is 0.253 e. The van der Waals surface area contributed by atoms with Crippen molar-refractivity contribution in [3.8, 4) is 0 Å². The Balaban J connectivity index is 1.28. The Hall–Kier alpha value is -1.30. The van der Waals surface area contributed by atoms with Crippen LogP contribution in [0.15, 0.2) is 42.5 Å². The third kappa shape index (κ3) is 5.07. The zero-order chi connectivity index (χ0) is 20.4. The highest BCUT2D eigenvalue weighted by Gasteiger charge is 2.32. The maximum absolute atomic E-state index is 12.7. The molecule has 2 saturated heterocycles. The molecular formula is C22H24Cl3N3O. The Morgan fingerprint density at radius 1 is 0.897 bits per heavy atom. The molecule has 7 heteroatoms. The first kappa shape index (κ1) is 21.0. The van der Waals surface area contributed by atoms with Crippen LogP contribution in [0.4, 0.5) is 0 Å². The Kier molecular flexibility index (Phi) is 6.67. The van der Waals surface area contributed by atoms with Gasteiger partial charge in [-0.3, -0.25) is 14.6 Å². The molecule has 4 nitrogen and oxygen atoms in total. The van der Waals surface area contributed by atoms with E-state index in [1.54, 1.807) is 30.3 Å². The summed E-state index contributed by atoms with van der Waals surface area (Å²) in [5.41, 5.74) is 1.82. The van der Waals surface area contributed by atoms with E-state index in [1.807, 2.05) is 17.0 Å². The van der Waals surface area contributed by atoms with Gasteiger partial charge >= 0.3 is 0 Å². The molecule has 0 saturated carbocycles. The predicted octanol–water partition coefficient (Wildman–Crippen LogP) is 4.68. The van der Waals surface area contributed by atoms with Crippen LogP contribution in [0.1, 0.15) is 22.3 Å². The van der Waals surface area contributed by atoms with Gasteiger partial charge < -0.3 is 4.90 Å². The molecular weight excluding hydrogens is 429 g/mol. The van der Waals surface area contributed by atoms with E-state index in [0.717, 1.165) is 62.8 Å². The van der Waals surface area contributed by atoms with Gasteiger partial charge in [-0.25, -0.2) is 0 Å². The van der Waals surface area contributed by atoms with Crippen molar-refractivity contribution in [2.45, 2.75) is 19.0 Å². The largest absolute Gasteiger partial charge is 0.337 e. The zero-order valence-electron chi connectivity index (χ0n) is 16.2. The monoisotopic (exact) mass is 451 g/mol. The molecule has 2 aliphatic rings. The topological polar surface area (TPSA) is 26.8 Å². The SMILES string of the molecule is O=C(c1ccc(Cl)cc1)N1CC[C@@H](N2CCN(Cc3ccc(Cl)cc3Cl)CC2)C1. The van der Waals surface area contributed by atoms with E-state index in [0.29, 0.717) is 21.7 Å². The number of rotatable bonds is 4. The molecule has 0 radical (unpaired) electrons. The predicted molar refractivity (Wildman–Crippen MR) is 119 cm³/mol. The lowest BCUT2D eigenvalue weighted by Crippen LogP contribution is -2.50. The first-order valence-electron chi connectivity index (χ1n) is 9.95. The highest BCUT2D eigenvalue weighted by molar-refractivity contribution is 6.35. The Morgan fingerprint density at radius 3 is 2.28 bits per heavy atom. The molecule has 1 atom stereocenters. The lowest BCUT2D eigenvalue weighted by Gasteiger charge is -2.38. The molecule has 0 spiro atoms. The van der Waals surface area contributed by atoms with Crippen molar-refractivity contribution < 1.29 is 4.79 Å². The van der Waals surface area contributed by atoms with Crippen LogP contribution in [0.5, 0.6) is 0 Å². The second-order valence-corrected chi connectivity index (χ2v) is 9.03. The molecule has 0 unspecified atom stereocenters. The molecule has 2 fully saturated rings. The van der Waals surface area contributed by atoms with Gasteiger partial charge in [0.15, 0.2) is 0 Å². The Morgan fingerprint density at radius 2 is 1.59 bits per heavy atom. The zero-order valence-corrected chi connectivity index (χ0v) is 18.4. The van der Waals surface area contributed by atoms with Crippen LogP contribution < -0.4 is 0 Å². The van der Waals surface area contributed by atoms with E-state index >= 15 is 0 Å². The molecule has 2 heterocycles. The number of hydrogen-bond donors (Lipinski definition) is 0. The summed E-state index contributed by atoms with van der Waals surface area (Å²) in [6.07, 6.45) is 1.03. The number of amides is 1. The van der Waals surface area contributed by atoms with Crippen molar-refractivity contribution in [3.05, 3.63) is 68.7 Å². The fraction of sp³-hybridized carbons (Fsp3) is 0.409. The average molecular weight is 453 g/mol. The molecule has 2 aromatic rings. The standard InChI is InChI=1S/C22H24Cl3N3O/c23-18-4-1-16(2-5-18)22(29)28-8-7-20(15-28)27-11-9-26(10-12-27)14-17-3-6-19(24)13-21(17)25/h1-6,13,20H,7-12,14-15H2/t20-/m1/s1. The number of benzene rings is 2. The van der Waals surface area contributed by atoms with Gasteiger partial charge in [0.05, 0.1) is 0 Å². The van der Waals surface area contributed by atoms with E-state index in [9.17, 15) is 4.79 Å². The van der Waals surface area contributed by atoms with Crippen molar-refractivity contribution in [2.75, 3.05) is 39.3 Å². The third-order valence-corrected chi connectivity index (χ3v) is 6.71. The highest BCUT2D eigenvalue weighted by atomic mass is 35.5. The van der Waals surface area contributed by atoms with E-state index < -0.39 is 0 Å².